The first kappa shape index (κ1) is 14.0. The van der Waals surface area contributed by atoms with Gasteiger partial charge in [0.05, 0.1) is 0 Å². The quantitative estimate of drug-likeness (QED) is 0.803. The van der Waals surface area contributed by atoms with Crippen molar-refractivity contribution in [1.82, 2.24) is 5.32 Å². The van der Waals surface area contributed by atoms with Gasteiger partial charge in [0, 0.05) is 9.13 Å². The molecule has 0 aliphatic carbocycles. The summed E-state index contributed by atoms with van der Waals surface area (Å²) in [6, 6.07) is 6.17. The van der Waals surface area contributed by atoms with Crippen LogP contribution in [0.1, 0.15) is 30.1 Å². The first-order valence-corrected chi connectivity index (χ1v) is 6.41. The predicted molar refractivity (Wildman–Crippen MR) is 73.0 cm³/mol. The molecule has 0 aliphatic rings. The van der Waals surface area contributed by atoms with Crippen molar-refractivity contribution in [3.8, 4) is 0 Å². The largest absolute Gasteiger partial charge is 0.480 e. The van der Waals surface area contributed by atoms with Crippen molar-refractivity contribution in [2.75, 3.05) is 0 Å². The zero-order valence-corrected chi connectivity index (χ0v) is 11.6. The molecule has 0 fully saturated rings. The second-order valence-corrected chi connectivity index (χ2v) is 4.91. The maximum atomic E-state index is 11.8. The Morgan fingerprint density at radius 1 is 1.35 bits per heavy atom. The van der Waals surface area contributed by atoms with Crippen molar-refractivity contribution in [3.63, 3.8) is 0 Å². The van der Waals surface area contributed by atoms with Gasteiger partial charge in [0.1, 0.15) is 6.04 Å². The molecule has 4 nitrogen and oxygen atoms in total. The van der Waals surface area contributed by atoms with Gasteiger partial charge in [0.15, 0.2) is 0 Å². The zero-order chi connectivity index (χ0) is 12.8. The predicted octanol–water partition coefficient (Wildman–Crippen LogP) is 2.27. The number of nitrogens with one attached hydrogen (secondary N) is 1. The topological polar surface area (TPSA) is 66.4 Å². The first-order valence-electron chi connectivity index (χ1n) is 5.33. The van der Waals surface area contributed by atoms with Crippen LogP contribution in [0.4, 0.5) is 0 Å². The molecule has 92 valence electrons. The Morgan fingerprint density at radius 2 is 1.94 bits per heavy atom. The van der Waals surface area contributed by atoms with E-state index in [9.17, 15) is 9.59 Å². The van der Waals surface area contributed by atoms with Gasteiger partial charge in [-0.1, -0.05) is 13.3 Å². The van der Waals surface area contributed by atoms with E-state index < -0.39 is 12.0 Å². The van der Waals surface area contributed by atoms with Gasteiger partial charge in [-0.15, -0.1) is 0 Å². The fraction of sp³-hybridized carbons (Fsp3) is 0.333. The Labute approximate surface area is 114 Å². The molecular formula is C12H14INO3. The molecule has 1 amide bonds. The Balaban J connectivity index is 2.70. The monoisotopic (exact) mass is 347 g/mol. The number of hydrogen-bond donors (Lipinski definition) is 2. The average Bonchev–Trinajstić information content (AvgIpc) is 2.29. The lowest BCUT2D eigenvalue weighted by atomic mass is 10.1. The molecule has 0 saturated heterocycles. The van der Waals surface area contributed by atoms with E-state index in [-0.39, 0.29) is 5.91 Å². The molecule has 0 aromatic heterocycles. The Hall–Kier alpha value is -1.11. The average molecular weight is 347 g/mol. The lowest BCUT2D eigenvalue weighted by Gasteiger charge is -2.13. The van der Waals surface area contributed by atoms with Crippen LogP contribution < -0.4 is 5.32 Å². The lowest BCUT2D eigenvalue weighted by molar-refractivity contribution is -0.139. The van der Waals surface area contributed by atoms with Crippen molar-refractivity contribution in [2.24, 2.45) is 0 Å². The summed E-state index contributed by atoms with van der Waals surface area (Å²) in [7, 11) is 0. The number of carbonyl (C=O) groups excluding carboxylic acids is 1. The number of rotatable bonds is 5. The molecule has 0 aliphatic heterocycles. The van der Waals surface area contributed by atoms with Crippen LogP contribution in [0.2, 0.25) is 0 Å². The third kappa shape index (κ3) is 4.33. The SMILES string of the molecule is CCCC(NC(=O)c1ccc(I)cc1)C(=O)O. The van der Waals surface area contributed by atoms with Gasteiger partial charge in [-0.3, -0.25) is 4.79 Å². The third-order valence-corrected chi connectivity index (χ3v) is 3.01. The van der Waals surface area contributed by atoms with Crippen LogP contribution in [-0.4, -0.2) is 23.0 Å². The summed E-state index contributed by atoms with van der Waals surface area (Å²) in [4.78, 5) is 22.7. The van der Waals surface area contributed by atoms with Gasteiger partial charge in [0.2, 0.25) is 0 Å². The summed E-state index contributed by atoms with van der Waals surface area (Å²) >= 11 is 2.14. The maximum absolute atomic E-state index is 11.8. The summed E-state index contributed by atoms with van der Waals surface area (Å²) in [5.41, 5.74) is 0.479. The zero-order valence-electron chi connectivity index (χ0n) is 9.44. The molecule has 5 heteroatoms. The Morgan fingerprint density at radius 3 is 2.41 bits per heavy atom. The molecule has 0 radical (unpaired) electrons. The lowest BCUT2D eigenvalue weighted by Crippen LogP contribution is -2.40. The van der Waals surface area contributed by atoms with Gasteiger partial charge in [0.25, 0.3) is 5.91 Å². The Kier molecular flexibility index (Phi) is 5.40. The van der Waals surface area contributed by atoms with Crippen LogP contribution in [0.15, 0.2) is 24.3 Å². The van der Waals surface area contributed by atoms with Crippen LogP contribution in [0.3, 0.4) is 0 Å². The second kappa shape index (κ2) is 6.58. The smallest absolute Gasteiger partial charge is 0.326 e. The fourth-order valence-electron chi connectivity index (χ4n) is 1.39. The van der Waals surface area contributed by atoms with E-state index in [0.29, 0.717) is 18.4 Å². The molecule has 1 unspecified atom stereocenters. The van der Waals surface area contributed by atoms with E-state index in [0.717, 1.165) is 3.57 Å². The van der Waals surface area contributed by atoms with Crippen molar-refractivity contribution in [1.29, 1.82) is 0 Å². The van der Waals surface area contributed by atoms with Crippen LogP contribution in [0.5, 0.6) is 0 Å². The third-order valence-electron chi connectivity index (χ3n) is 2.29. The van der Waals surface area contributed by atoms with E-state index in [1.165, 1.54) is 0 Å². The van der Waals surface area contributed by atoms with Gasteiger partial charge < -0.3 is 10.4 Å². The van der Waals surface area contributed by atoms with E-state index in [1.54, 1.807) is 12.1 Å². The standard InChI is InChI=1S/C12H14INO3/c1-2-3-10(12(16)17)14-11(15)8-4-6-9(13)7-5-8/h4-7,10H,2-3H2,1H3,(H,14,15)(H,16,17). The number of aliphatic carboxylic acids is 1. The molecule has 0 bridgehead atoms. The van der Waals surface area contributed by atoms with Crippen LogP contribution in [0, 0.1) is 3.57 Å². The van der Waals surface area contributed by atoms with Gasteiger partial charge >= 0.3 is 5.97 Å². The molecule has 1 atom stereocenters. The van der Waals surface area contributed by atoms with Crippen LogP contribution >= 0.6 is 22.6 Å². The summed E-state index contributed by atoms with van der Waals surface area (Å²) in [5.74, 6) is -1.34. The van der Waals surface area contributed by atoms with Crippen molar-refractivity contribution < 1.29 is 14.7 Å². The number of halogens is 1. The van der Waals surface area contributed by atoms with E-state index >= 15 is 0 Å². The molecular weight excluding hydrogens is 333 g/mol. The molecule has 0 spiro atoms. The summed E-state index contributed by atoms with van der Waals surface area (Å²) in [5, 5.41) is 11.4. The highest BCUT2D eigenvalue weighted by atomic mass is 127. The number of hydrogen-bond acceptors (Lipinski definition) is 2. The van der Waals surface area contributed by atoms with E-state index in [4.69, 9.17) is 5.11 Å². The first-order chi connectivity index (χ1) is 8.04. The van der Waals surface area contributed by atoms with Gasteiger partial charge in [-0.05, 0) is 53.3 Å². The fourth-order valence-corrected chi connectivity index (χ4v) is 1.75. The normalized spacial score (nSPS) is 11.9. The van der Waals surface area contributed by atoms with Gasteiger partial charge in [-0.25, -0.2) is 4.79 Å². The number of carboxylic acids is 1. The maximum Gasteiger partial charge on any atom is 0.326 e. The molecule has 1 aromatic rings. The number of benzene rings is 1. The van der Waals surface area contributed by atoms with E-state index in [2.05, 4.69) is 27.9 Å². The molecule has 2 N–H and O–H groups in total. The molecule has 0 heterocycles. The summed E-state index contributed by atoms with van der Waals surface area (Å²) < 4.78 is 1.03. The Bertz CT molecular complexity index is 403. The number of amides is 1. The minimum Gasteiger partial charge on any atom is -0.480 e. The summed E-state index contributed by atoms with van der Waals surface area (Å²) in [6.45, 7) is 1.88. The van der Waals surface area contributed by atoms with Crippen molar-refractivity contribution in [3.05, 3.63) is 33.4 Å². The number of carbonyl (C=O) groups is 2. The molecule has 1 aromatic carbocycles. The minimum atomic E-state index is -0.995. The second-order valence-electron chi connectivity index (χ2n) is 3.66. The van der Waals surface area contributed by atoms with Crippen molar-refractivity contribution in [2.45, 2.75) is 25.8 Å². The highest BCUT2D eigenvalue weighted by molar-refractivity contribution is 14.1. The minimum absolute atomic E-state index is 0.345. The molecule has 1 rings (SSSR count). The molecule has 0 saturated carbocycles. The van der Waals surface area contributed by atoms with Crippen LogP contribution in [-0.2, 0) is 4.79 Å². The highest BCUT2D eigenvalue weighted by Gasteiger charge is 2.19. The number of carboxylic acid groups (broad SMARTS) is 1. The summed E-state index contributed by atoms with van der Waals surface area (Å²) in [6.07, 6.45) is 1.15. The van der Waals surface area contributed by atoms with E-state index in [1.807, 2.05) is 19.1 Å². The van der Waals surface area contributed by atoms with Crippen LogP contribution in [0.25, 0.3) is 0 Å². The molecule has 17 heavy (non-hydrogen) atoms. The highest BCUT2D eigenvalue weighted by Crippen LogP contribution is 2.07. The van der Waals surface area contributed by atoms with Gasteiger partial charge in [-0.2, -0.15) is 0 Å². The van der Waals surface area contributed by atoms with Crippen molar-refractivity contribution >= 4 is 34.5 Å².